The predicted molar refractivity (Wildman–Crippen MR) is 80.1 cm³/mol. The molecule has 0 unspecified atom stereocenters. The maximum Gasteiger partial charge on any atom is 0.403 e. The summed E-state index contributed by atoms with van der Waals surface area (Å²) in [6.45, 7) is 0. The van der Waals surface area contributed by atoms with Crippen molar-refractivity contribution in [3.05, 3.63) is 63.9 Å². The summed E-state index contributed by atoms with van der Waals surface area (Å²) in [6.07, 6.45) is -4.21. The maximum absolute atomic E-state index is 14.0. The van der Waals surface area contributed by atoms with Gasteiger partial charge in [-0.05, 0) is 36.2 Å². The highest BCUT2D eigenvalue weighted by Crippen LogP contribution is 2.47. The van der Waals surface area contributed by atoms with Gasteiger partial charge < -0.3 is 0 Å². The second-order valence-electron chi connectivity index (χ2n) is 5.16. The number of halogens is 5. The Kier molecular flexibility index (Phi) is 3.59. The van der Waals surface area contributed by atoms with Crippen LogP contribution < -0.4 is 0 Å². The predicted octanol–water partition coefficient (Wildman–Crippen LogP) is 5.35. The molecule has 0 saturated carbocycles. The fourth-order valence-electron chi connectivity index (χ4n) is 2.66. The van der Waals surface area contributed by atoms with Crippen LogP contribution in [-0.4, -0.2) is 12.4 Å². The summed E-state index contributed by atoms with van der Waals surface area (Å²) in [5.74, 6) is -0.885. The first-order valence-electron chi connectivity index (χ1n) is 6.49. The topological polar surface area (TPSA) is 12.4 Å². The maximum atomic E-state index is 14.0. The van der Waals surface area contributed by atoms with E-state index in [9.17, 15) is 17.6 Å². The Bertz CT molecular complexity index is 754. The van der Waals surface area contributed by atoms with Gasteiger partial charge in [0.15, 0.2) is 0 Å². The van der Waals surface area contributed by atoms with E-state index in [1.807, 2.05) is 0 Å². The van der Waals surface area contributed by atoms with E-state index in [4.69, 9.17) is 0 Å². The van der Waals surface area contributed by atoms with E-state index in [0.29, 0.717) is 15.7 Å². The Hall–Kier alpha value is -1.69. The minimum atomic E-state index is -4.65. The fourth-order valence-corrected chi connectivity index (χ4v) is 3.07. The van der Waals surface area contributed by atoms with Gasteiger partial charge in [-0.2, -0.15) is 13.2 Å². The van der Waals surface area contributed by atoms with Crippen LogP contribution in [0.15, 0.2) is 51.9 Å². The molecule has 1 nitrogen and oxygen atoms in total. The summed E-state index contributed by atoms with van der Waals surface area (Å²) < 4.78 is 56.1. The standard InChI is InChI=1S/C16H10BrF4N/c17-11-5-6-14-10(7-11)8-15(9-22-14,16(19,20)21)12-3-1-2-4-13(12)18/h1-7,9H,8H2/t15-/m0/s1. The van der Waals surface area contributed by atoms with Crippen LogP contribution in [0.5, 0.6) is 0 Å². The molecule has 0 N–H and O–H groups in total. The van der Waals surface area contributed by atoms with Crippen molar-refractivity contribution in [1.29, 1.82) is 0 Å². The van der Waals surface area contributed by atoms with E-state index >= 15 is 0 Å². The van der Waals surface area contributed by atoms with Gasteiger partial charge in [0.1, 0.15) is 11.2 Å². The van der Waals surface area contributed by atoms with E-state index in [1.54, 1.807) is 18.2 Å². The van der Waals surface area contributed by atoms with Crippen molar-refractivity contribution >= 4 is 27.8 Å². The minimum Gasteiger partial charge on any atom is -0.260 e. The van der Waals surface area contributed by atoms with E-state index in [2.05, 4.69) is 20.9 Å². The van der Waals surface area contributed by atoms with Gasteiger partial charge in [0.05, 0.1) is 5.69 Å². The Morgan fingerprint density at radius 3 is 2.50 bits per heavy atom. The van der Waals surface area contributed by atoms with Crippen molar-refractivity contribution < 1.29 is 17.6 Å². The fraction of sp³-hybridized carbons (Fsp3) is 0.188. The van der Waals surface area contributed by atoms with Gasteiger partial charge >= 0.3 is 6.18 Å². The highest BCUT2D eigenvalue weighted by molar-refractivity contribution is 9.10. The molecule has 114 valence electrons. The molecular weight excluding hydrogens is 362 g/mol. The van der Waals surface area contributed by atoms with Gasteiger partial charge in [-0.1, -0.05) is 34.1 Å². The van der Waals surface area contributed by atoms with Gasteiger partial charge in [0.2, 0.25) is 0 Å². The molecule has 1 atom stereocenters. The van der Waals surface area contributed by atoms with Crippen molar-refractivity contribution in [2.75, 3.05) is 0 Å². The van der Waals surface area contributed by atoms with Crippen LogP contribution in [0.4, 0.5) is 23.2 Å². The SMILES string of the molecule is Fc1ccccc1[C@@]1(C(F)(F)F)C=Nc2ccc(Br)cc2C1. The number of hydrogen-bond acceptors (Lipinski definition) is 1. The van der Waals surface area contributed by atoms with Gasteiger partial charge in [-0.15, -0.1) is 0 Å². The molecule has 22 heavy (non-hydrogen) atoms. The minimum absolute atomic E-state index is 0.379. The van der Waals surface area contributed by atoms with Crippen molar-refractivity contribution in [2.45, 2.75) is 18.0 Å². The van der Waals surface area contributed by atoms with Crippen LogP contribution in [0.25, 0.3) is 0 Å². The molecule has 2 aromatic carbocycles. The Morgan fingerprint density at radius 2 is 1.82 bits per heavy atom. The Labute approximate surface area is 132 Å². The van der Waals surface area contributed by atoms with Gasteiger partial charge in [-0.25, -0.2) is 4.39 Å². The number of hydrogen-bond donors (Lipinski definition) is 0. The summed E-state index contributed by atoms with van der Waals surface area (Å²) >= 11 is 3.24. The lowest BCUT2D eigenvalue weighted by Gasteiger charge is -2.35. The summed E-state index contributed by atoms with van der Waals surface area (Å²) in [7, 11) is 0. The van der Waals surface area contributed by atoms with Crippen LogP contribution >= 0.6 is 15.9 Å². The Morgan fingerprint density at radius 1 is 1.09 bits per heavy atom. The second kappa shape index (κ2) is 5.19. The summed E-state index contributed by atoms with van der Waals surface area (Å²) in [4.78, 5) is 3.94. The third-order valence-electron chi connectivity index (χ3n) is 3.80. The number of nitrogens with zero attached hydrogens (tertiary/aromatic N) is 1. The van der Waals surface area contributed by atoms with Crippen molar-refractivity contribution in [3.8, 4) is 0 Å². The van der Waals surface area contributed by atoms with Gasteiger partial charge in [0.25, 0.3) is 0 Å². The zero-order valence-electron chi connectivity index (χ0n) is 11.2. The third-order valence-corrected chi connectivity index (χ3v) is 4.29. The van der Waals surface area contributed by atoms with E-state index in [-0.39, 0.29) is 6.42 Å². The number of rotatable bonds is 1. The summed E-state index contributed by atoms with van der Waals surface area (Å²) in [5, 5.41) is 0. The monoisotopic (exact) mass is 371 g/mol. The van der Waals surface area contributed by atoms with Crippen molar-refractivity contribution in [3.63, 3.8) is 0 Å². The zero-order chi connectivity index (χ0) is 16.0. The van der Waals surface area contributed by atoms with Crippen LogP contribution in [0, 0.1) is 5.82 Å². The van der Waals surface area contributed by atoms with Gasteiger partial charge in [0, 0.05) is 16.3 Å². The molecule has 1 heterocycles. The third kappa shape index (κ3) is 2.35. The summed E-state index contributed by atoms with van der Waals surface area (Å²) in [6, 6.07) is 9.90. The van der Waals surface area contributed by atoms with Crippen molar-refractivity contribution in [2.24, 2.45) is 4.99 Å². The lowest BCUT2D eigenvalue weighted by molar-refractivity contribution is -0.169. The van der Waals surface area contributed by atoms with E-state index < -0.39 is 23.0 Å². The molecule has 0 aliphatic carbocycles. The molecule has 6 heteroatoms. The first-order valence-corrected chi connectivity index (χ1v) is 7.28. The molecule has 0 radical (unpaired) electrons. The summed E-state index contributed by atoms with van der Waals surface area (Å²) in [5.41, 5.74) is -1.96. The lowest BCUT2D eigenvalue weighted by Crippen LogP contribution is -2.47. The van der Waals surface area contributed by atoms with E-state index in [0.717, 1.165) is 18.3 Å². The average molecular weight is 372 g/mol. The molecule has 0 bridgehead atoms. The van der Waals surface area contributed by atoms with E-state index in [1.165, 1.54) is 12.1 Å². The Balaban J connectivity index is 2.22. The molecule has 1 aliphatic heterocycles. The van der Waals surface area contributed by atoms with Crippen LogP contribution in [0.3, 0.4) is 0 Å². The highest BCUT2D eigenvalue weighted by Gasteiger charge is 2.57. The molecule has 3 rings (SSSR count). The smallest absolute Gasteiger partial charge is 0.260 e. The molecule has 0 saturated heterocycles. The van der Waals surface area contributed by atoms with Crippen LogP contribution in [0.2, 0.25) is 0 Å². The highest BCUT2D eigenvalue weighted by atomic mass is 79.9. The number of aliphatic imine (C=N–C) groups is 1. The zero-order valence-corrected chi connectivity index (χ0v) is 12.7. The molecule has 1 aliphatic rings. The quantitative estimate of drug-likeness (QED) is 0.599. The molecule has 0 amide bonds. The van der Waals surface area contributed by atoms with Crippen LogP contribution in [0.1, 0.15) is 11.1 Å². The lowest BCUT2D eigenvalue weighted by atomic mass is 9.74. The van der Waals surface area contributed by atoms with Crippen molar-refractivity contribution in [1.82, 2.24) is 0 Å². The molecular formula is C16H10BrF4N. The molecule has 0 spiro atoms. The average Bonchev–Trinajstić information content (AvgIpc) is 2.45. The number of alkyl halides is 3. The molecule has 2 aromatic rings. The molecule has 0 fully saturated rings. The number of fused-ring (bicyclic) bond motifs is 1. The first kappa shape index (κ1) is 15.2. The van der Waals surface area contributed by atoms with Crippen LogP contribution in [-0.2, 0) is 11.8 Å². The number of benzene rings is 2. The second-order valence-corrected chi connectivity index (χ2v) is 6.07. The normalized spacial score (nSPS) is 20.8. The first-order chi connectivity index (χ1) is 10.3. The van der Waals surface area contributed by atoms with Gasteiger partial charge in [-0.3, -0.25) is 4.99 Å². The molecule has 0 aromatic heterocycles. The largest absolute Gasteiger partial charge is 0.403 e.